The van der Waals surface area contributed by atoms with Crippen molar-refractivity contribution in [2.24, 2.45) is 34.5 Å². The van der Waals surface area contributed by atoms with Crippen LogP contribution >= 0.6 is 0 Å². The molecule has 4 aliphatic rings. The molecule has 0 aromatic carbocycles. The van der Waals surface area contributed by atoms with E-state index in [2.05, 4.69) is 19.9 Å². The molecule has 3 saturated carbocycles. The van der Waals surface area contributed by atoms with Crippen LogP contribution in [0.2, 0.25) is 0 Å². The number of fused-ring (bicyclic) bond motifs is 5. The van der Waals surface area contributed by atoms with Crippen LogP contribution in [0.4, 0.5) is 0 Å². The summed E-state index contributed by atoms with van der Waals surface area (Å²) in [7, 11) is -3.47. The van der Waals surface area contributed by atoms with Crippen LogP contribution in [0, 0.1) is 34.5 Å². The van der Waals surface area contributed by atoms with Gasteiger partial charge < -0.3 is 0 Å². The van der Waals surface area contributed by atoms with E-state index in [9.17, 15) is 13.2 Å². The quantitative estimate of drug-likeness (QED) is 0.457. The van der Waals surface area contributed by atoms with Gasteiger partial charge in [-0.1, -0.05) is 25.5 Å². The summed E-state index contributed by atoms with van der Waals surface area (Å²) in [5.74, 6) is 2.62. The SMILES string of the molecule is CC(=O)C1CCC2C3CC=C4CC(OS(=O)(=O)C(C)C)CCC4(C)C3CCC12C. The Morgan fingerprint density at radius 3 is 2.48 bits per heavy atom. The van der Waals surface area contributed by atoms with Gasteiger partial charge in [0.2, 0.25) is 0 Å². The Balaban J connectivity index is 1.55. The van der Waals surface area contributed by atoms with Crippen LogP contribution in [-0.4, -0.2) is 25.6 Å². The highest BCUT2D eigenvalue weighted by molar-refractivity contribution is 7.87. The molecule has 0 aromatic rings. The van der Waals surface area contributed by atoms with Gasteiger partial charge in [-0.25, -0.2) is 0 Å². The highest BCUT2D eigenvalue weighted by atomic mass is 32.2. The molecule has 0 spiro atoms. The second-order valence-corrected chi connectivity index (χ2v) is 13.2. The molecule has 3 fully saturated rings. The summed E-state index contributed by atoms with van der Waals surface area (Å²) in [5.41, 5.74) is 1.78. The molecule has 7 atom stereocenters. The molecule has 0 aliphatic heterocycles. The average molecular weight is 423 g/mol. The van der Waals surface area contributed by atoms with E-state index in [1.807, 2.05) is 0 Å². The van der Waals surface area contributed by atoms with Crippen molar-refractivity contribution >= 4 is 15.9 Å². The normalized spacial score (nSPS) is 44.6. The molecule has 4 rings (SSSR count). The number of rotatable bonds is 4. The third kappa shape index (κ3) is 3.35. The highest BCUT2D eigenvalue weighted by Crippen LogP contribution is 2.66. The Hall–Kier alpha value is -0.680. The maximum absolute atomic E-state index is 12.3. The van der Waals surface area contributed by atoms with Crippen LogP contribution in [0.3, 0.4) is 0 Å². The van der Waals surface area contributed by atoms with E-state index in [0.717, 1.165) is 38.5 Å². The van der Waals surface area contributed by atoms with Gasteiger partial charge in [-0.3, -0.25) is 8.98 Å². The predicted molar refractivity (Wildman–Crippen MR) is 115 cm³/mol. The van der Waals surface area contributed by atoms with Gasteiger partial charge in [0.1, 0.15) is 5.78 Å². The minimum absolute atomic E-state index is 0.167. The Kier molecular flexibility index (Phi) is 5.34. The molecule has 0 radical (unpaired) electrons. The zero-order chi connectivity index (χ0) is 21.2. The van der Waals surface area contributed by atoms with E-state index < -0.39 is 15.4 Å². The number of Topliss-reactive ketones (excluding diaryl/α,β-unsaturated/α-hetero) is 1. The Morgan fingerprint density at radius 2 is 1.83 bits per heavy atom. The lowest BCUT2D eigenvalue weighted by Gasteiger charge is -2.58. The molecule has 0 saturated heterocycles. The molecule has 7 unspecified atom stereocenters. The number of allylic oxidation sites excluding steroid dienone is 1. The molecular weight excluding hydrogens is 384 g/mol. The molecule has 29 heavy (non-hydrogen) atoms. The summed E-state index contributed by atoms with van der Waals surface area (Å²) in [6, 6.07) is 0. The maximum atomic E-state index is 12.3. The molecule has 0 bridgehead atoms. The molecule has 0 heterocycles. The largest absolute Gasteiger partial charge is 0.300 e. The van der Waals surface area contributed by atoms with E-state index in [1.165, 1.54) is 18.4 Å². The van der Waals surface area contributed by atoms with Crippen LogP contribution in [0.15, 0.2) is 11.6 Å². The van der Waals surface area contributed by atoms with Gasteiger partial charge in [-0.05, 0) is 101 Å². The average Bonchev–Trinajstić information content (AvgIpc) is 2.99. The van der Waals surface area contributed by atoms with Gasteiger partial charge in [0.15, 0.2) is 0 Å². The summed E-state index contributed by atoms with van der Waals surface area (Å²) < 4.78 is 30.1. The number of carbonyl (C=O) groups excluding carboxylic acids is 1. The van der Waals surface area contributed by atoms with Crippen molar-refractivity contribution in [3.63, 3.8) is 0 Å². The van der Waals surface area contributed by atoms with Gasteiger partial charge >= 0.3 is 0 Å². The second-order valence-electron chi connectivity index (χ2n) is 11.0. The third-order valence-corrected chi connectivity index (χ3v) is 11.1. The number of ketones is 1. The predicted octanol–water partition coefficient (Wildman–Crippen LogP) is 5.28. The third-order valence-electron chi connectivity index (χ3n) is 9.40. The minimum Gasteiger partial charge on any atom is -0.300 e. The van der Waals surface area contributed by atoms with Crippen molar-refractivity contribution in [2.75, 3.05) is 0 Å². The van der Waals surface area contributed by atoms with Gasteiger partial charge in [0.05, 0.1) is 11.4 Å². The first kappa shape index (κ1) is 21.5. The van der Waals surface area contributed by atoms with E-state index >= 15 is 0 Å². The number of hydrogen-bond donors (Lipinski definition) is 0. The molecule has 4 aliphatic carbocycles. The summed E-state index contributed by atoms with van der Waals surface area (Å²) in [5, 5.41) is -0.492. The standard InChI is InChI=1S/C24H38O4S/c1-15(2)29(26,27)28-18-10-12-23(4)17(14-18)6-7-19-21-9-8-20(16(3)25)24(21,5)13-11-22(19)23/h6,15,18-22H,7-14H2,1-5H3. The molecule has 0 aromatic heterocycles. The first-order chi connectivity index (χ1) is 13.5. The zero-order valence-electron chi connectivity index (χ0n) is 18.7. The van der Waals surface area contributed by atoms with Crippen molar-refractivity contribution in [1.82, 2.24) is 0 Å². The molecule has 164 valence electrons. The molecule has 4 nitrogen and oxygen atoms in total. The van der Waals surface area contributed by atoms with Gasteiger partial charge in [-0.2, -0.15) is 8.42 Å². The molecular formula is C24H38O4S. The van der Waals surface area contributed by atoms with Crippen molar-refractivity contribution < 1.29 is 17.4 Å². The van der Waals surface area contributed by atoms with Gasteiger partial charge in [-0.15, -0.1) is 0 Å². The van der Waals surface area contributed by atoms with Crippen LogP contribution in [0.5, 0.6) is 0 Å². The van der Waals surface area contributed by atoms with E-state index in [1.54, 1.807) is 20.8 Å². The Morgan fingerprint density at radius 1 is 1.10 bits per heavy atom. The van der Waals surface area contributed by atoms with Crippen LogP contribution in [0.1, 0.15) is 86.0 Å². The lowest BCUT2D eigenvalue weighted by molar-refractivity contribution is -0.127. The lowest BCUT2D eigenvalue weighted by Crippen LogP contribution is -2.51. The smallest absolute Gasteiger partial charge is 0.269 e. The highest BCUT2D eigenvalue weighted by Gasteiger charge is 2.59. The minimum atomic E-state index is -3.47. The van der Waals surface area contributed by atoms with Crippen molar-refractivity contribution in [1.29, 1.82) is 0 Å². The Bertz CT molecular complexity index is 813. The van der Waals surface area contributed by atoms with Crippen LogP contribution in [-0.2, 0) is 19.1 Å². The summed E-state index contributed by atoms with van der Waals surface area (Å²) in [4.78, 5) is 12.3. The maximum Gasteiger partial charge on any atom is 0.269 e. The fourth-order valence-electron chi connectivity index (χ4n) is 7.68. The summed E-state index contributed by atoms with van der Waals surface area (Å²) in [6.45, 7) is 9.96. The van der Waals surface area contributed by atoms with Gasteiger partial charge in [0, 0.05) is 5.92 Å². The molecule has 5 heteroatoms. The first-order valence-electron chi connectivity index (χ1n) is 11.6. The summed E-state index contributed by atoms with van der Waals surface area (Å²) >= 11 is 0. The van der Waals surface area contributed by atoms with Crippen molar-refractivity contribution in [3.8, 4) is 0 Å². The van der Waals surface area contributed by atoms with Crippen LogP contribution < -0.4 is 0 Å². The van der Waals surface area contributed by atoms with E-state index in [4.69, 9.17) is 4.18 Å². The van der Waals surface area contributed by atoms with E-state index in [-0.39, 0.29) is 22.9 Å². The zero-order valence-corrected chi connectivity index (χ0v) is 19.6. The van der Waals surface area contributed by atoms with Crippen molar-refractivity contribution in [2.45, 2.75) is 97.3 Å². The lowest BCUT2D eigenvalue weighted by atomic mass is 9.47. The fourth-order valence-corrected chi connectivity index (χ4v) is 8.44. The fraction of sp³-hybridized carbons (Fsp3) is 0.875. The number of carbonyl (C=O) groups is 1. The molecule has 0 amide bonds. The van der Waals surface area contributed by atoms with Crippen molar-refractivity contribution in [3.05, 3.63) is 11.6 Å². The Labute approximate surface area is 177 Å². The molecule has 0 N–H and O–H groups in total. The summed E-state index contributed by atoms with van der Waals surface area (Å²) in [6.07, 6.45) is 10.5. The number of hydrogen-bond acceptors (Lipinski definition) is 4. The monoisotopic (exact) mass is 422 g/mol. The topological polar surface area (TPSA) is 60.4 Å². The first-order valence-corrected chi connectivity index (χ1v) is 13.1. The second kappa shape index (κ2) is 7.19. The van der Waals surface area contributed by atoms with Gasteiger partial charge in [0.25, 0.3) is 10.1 Å². The van der Waals surface area contributed by atoms with Crippen LogP contribution in [0.25, 0.3) is 0 Å². The van der Waals surface area contributed by atoms with E-state index in [0.29, 0.717) is 23.5 Å².